The van der Waals surface area contributed by atoms with Gasteiger partial charge >= 0.3 is 0 Å². The Morgan fingerprint density at radius 1 is 1.09 bits per heavy atom. The molecule has 2 aromatic carbocycles. The van der Waals surface area contributed by atoms with Gasteiger partial charge in [-0.1, -0.05) is 6.58 Å². The largest absolute Gasteiger partial charge is 0.493 e. The number of anilines is 2. The molecule has 0 aliphatic carbocycles. The number of likely N-dealkylation sites (tertiary alicyclic amines) is 1. The number of amides is 1. The fourth-order valence-electron chi connectivity index (χ4n) is 4.58. The van der Waals surface area contributed by atoms with E-state index >= 15 is 4.39 Å². The lowest BCUT2D eigenvalue weighted by molar-refractivity contribution is -0.134. The van der Waals surface area contributed by atoms with Crippen molar-refractivity contribution in [1.29, 1.82) is 0 Å². The van der Waals surface area contributed by atoms with E-state index in [0.717, 1.165) is 16.9 Å². The van der Waals surface area contributed by atoms with E-state index in [1.165, 1.54) is 25.6 Å². The average Bonchev–Trinajstić information content (AvgIpc) is 3.45. The first-order valence-electron chi connectivity index (χ1n) is 13.5. The third kappa shape index (κ3) is 5.67. The predicted octanol–water partition coefficient (Wildman–Crippen LogP) is 5.29. The highest BCUT2D eigenvalue weighted by atomic mass is 19.1. The SMILES string of the molecule is C=CC(=O)N1CC(Oc2cc3c(Nc4ccc(Oc5ccn(-c6cnc(C)c(C)c6)n5)cc4F)ncnc3cc2OC)C1. The molecule has 218 valence electrons. The average molecular weight is 582 g/mol. The van der Waals surface area contributed by atoms with E-state index in [-0.39, 0.29) is 23.4 Å². The minimum Gasteiger partial charge on any atom is -0.493 e. The van der Waals surface area contributed by atoms with Gasteiger partial charge in [0.2, 0.25) is 11.8 Å². The van der Waals surface area contributed by atoms with Gasteiger partial charge in [0.15, 0.2) is 11.5 Å². The van der Waals surface area contributed by atoms with E-state index in [4.69, 9.17) is 14.2 Å². The summed E-state index contributed by atoms with van der Waals surface area (Å²) in [5, 5.41) is 8.07. The number of hydrogen-bond acceptors (Lipinski definition) is 9. The van der Waals surface area contributed by atoms with Crippen molar-refractivity contribution in [1.82, 2.24) is 29.6 Å². The zero-order chi connectivity index (χ0) is 30.1. The Bertz CT molecular complexity index is 1850. The van der Waals surface area contributed by atoms with Crippen LogP contribution in [0, 0.1) is 19.7 Å². The van der Waals surface area contributed by atoms with Gasteiger partial charge in [-0.2, -0.15) is 0 Å². The fraction of sp³-hybridized carbons (Fsp3) is 0.194. The molecule has 1 aliphatic heterocycles. The molecule has 0 saturated carbocycles. The summed E-state index contributed by atoms with van der Waals surface area (Å²) in [7, 11) is 1.53. The highest BCUT2D eigenvalue weighted by molar-refractivity contribution is 5.93. The summed E-state index contributed by atoms with van der Waals surface area (Å²) in [6.07, 6.45) is 5.94. The van der Waals surface area contributed by atoms with Crippen LogP contribution in [0.15, 0.2) is 73.8 Å². The first-order chi connectivity index (χ1) is 20.8. The molecule has 0 atom stereocenters. The molecule has 0 radical (unpaired) electrons. The Hall–Kier alpha value is -5.52. The van der Waals surface area contributed by atoms with Crippen molar-refractivity contribution in [2.45, 2.75) is 20.0 Å². The highest BCUT2D eigenvalue weighted by Gasteiger charge is 2.31. The van der Waals surface area contributed by atoms with Gasteiger partial charge in [0.1, 0.15) is 29.8 Å². The Kier molecular flexibility index (Phi) is 7.33. The van der Waals surface area contributed by atoms with Crippen molar-refractivity contribution in [3.8, 4) is 28.8 Å². The number of halogens is 1. The smallest absolute Gasteiger partial charge is 0.246 e. The summed E-state index contributed by atoms with van der Waals surface area (Å²) in [4.78, 5) is 26.4. The molecule has 1 saturated heterocycles. The molecule has 0 bridgehead atoms. The Labute approximate surface area is 246 Å². The molecule has 0 spiro atoms. The van der Waals surface area contributed by atoms with E-state index in [2.05, 4.69) is 31.9 Å². The number of carbonyl (C=O) groups excluding carboxylic acids is 1. The summed E-state index contributed by atoms with van der Waals surface area (Å²) in [5.74, 6) is 1.22. The van der Waals surface area contributed by atoms with Crippen molar-refractivity contribution < 1.29 is 23.4 Å². The van der Waals surface area contributed by atoms with Crippen molar-refractivity contribution in [3.63, 3.8) is 0 Å². The maximum absolute atomic E-state index is 15.2. The van der Waals surface area contributed by atoms with Crippen LogP contribution in [0.1, 0.15) is 11.3 Å². The molecular formula is C31H28FN7O4. The highest BCUT2D eigenvalue weighted by Crippen LogP contribution is 2.37. The summed E-state index contributed by atoms with van der Waals surface area (Å²) < 4.78 is 34.3. The lowest BCUT2D eigenvalue weighted by Crippen LogP contribution is -2.55. The van der Waals surface area contributed by atoms with E-state index in [1.807, 2.05) is 19.9 Å². The zero-order valence-corrected chi connectivity index (χ0v) is 23.7. The van der Waals surface area contributed by atoms with Gasteiger partial charge in [-0.15, -0.1) is 5.10 Å². The maximum Gasteiger partial charge on any atom is 0.246 e. The lowest BCUT2D eigenvalue weighted by Gasteiger charge is -2.38. The molecule has 43 heavy (non-hydrogen) atoms. The number of methoxy groups -OCH3 is 1. The fourth-order valence-corrected chi connectivity index (χ4v) is 4.58. The molecule has 1 aliphatic rings. The zero-order valence-electron chi connectivity index (χ0n) is 23.7. The van der Waals surface area contributed by atoms with Gasteiger partial charge in [-0.05, 0) is 49.8 Å². The second kappa shape index (κ2) is 11.4. The van der Waals surface area contributed by atoms with Crippen LogP contribution in [-0.2, 0) is 4.79 Å². The number of fused-ring (bicyclic) bond motifs is 1. The maximum atomic E-state index is 15.2. The quantitative estimate of drug-likeness (QED) is 0.232. The molecule has 11 nitrogen and oxygen atoms in total. The van der Waals surface area contributed by atoms with E-state index in [0.29, 0.717) is 47.2 Å². The van der Waals surface area contributed by atoms with Gasteiger partial charge in [0.25, 0.3) is 0 Å². The summed E-state index contributed by atoms with van der Waals surface area (Å²) in [6.45, 7) is 8.31. The number of aromatic nitrogens is 5. The topological polar surface area (TPSA) is 117 Å². The van der Waals surface area contributed by atoms with Crippen LogP contribution in [0.5, 0.6) is 23.1 Å². The van der Waals surface area contributed by atoms with Crippen molar-refractivity contribution in [2.24, 2.45) is 0 Å². The second-order valence-electron chi connectivity index (χ2n) is 9.99. The van der Waals surface area contributed by atoms with Crippen molar-refractivity contribution >= 4 is 28.3 Å². The number of nitrogens with zero attached hydrogens (tertiary/aromatic N) is 6. The molecule has 3 aromatic heterocycles. The number of rotatable bonds is 9. The van der Waals surface area contributed by atoms with Crippen LogP contribution >= 0.6 is 0 Å². The Balaban J connectivity index is 1.19. The third-order valence-electron chi connectivity index (χ3n) is 7.12. The minimum atomic E-state index is -0.548. The molecule has 12 heteroatoms. The Morgan fingerprint density at radius 2 is 1.93 bits per heavy atom. The number of benzene rings is 2. The predicted molar refractivity (Wildman–Crippen MR) is 158 cm³/mol. The van der Waals surface area contributed by atoms with Crippen LogP contribution in [0.2, 0.25) is 0 Å². The molecule has 1 fully saturated rings. The van der Waals surface area contributed by atoms with Crippen LogP contribution in [0.3, 0.4) is 0 Å². The number of nitrogens with one attached hydrogen (secondary N) is 1. The summed E-state index contributed by atoms with van der Waals surface area (Å²) >= 11 is 0. The number of carbonyl (C=O) groups is 1. The van der Waals surface area contributed by atoms with E-state index in [1.54, 1.807) is 52.3 Å². The molecule has 1 N–H and O–H groups in total. The van der Waals surface area contributed by atoms with E-state index < -0.39 is 5.82 Å². The third-order valence-corrected chi connectivity index (χ3v) is 7.12. The van der Waals surface area contributed by atoms with Gasteiger partial charge in [-0.25, -0.2) is 19.0 Å². The van der Waals surface area contributed by atoms with Crippen LogP contribution in [0.25, 0.3) is 16.6 Å². The van der Waals surface area contributed by atoms with E-state index in [9.17, 15) is 4.79 Å². The number of hydrogen-bond donors (Lipinski definition) is 1. The minimum absolute atomic E-state index is 0.145. The number of aryl methyl sites for hydroxylation is 2. The molecule has 1 amide bonds. The van der Waals surface area contributed by atoms with Gasteiger partial charge in [-0.3, -0.25) is 9.78 Å². The Morgan fingerprint density at radius 3 is 2.67 bits per heavy atom. The lowest BCUT2D eigenvalue weighted by atomic mass is 10.1. The number of pyridine rings is 1. The molecular weight excluding hydrogens is 553 g/mol. The van der Waals surface area contributed by atoms with Crippen LogP contribution in [0.4, 0.5) is 15.9 Å². The summed E-state index contributed by atoms with van der Waals surface area (Å²) in [5.41, 5.74) is 3.56. The second-order valence-corrected chi connectivity index (χ2v) is 9.99. The first kappa shape index (κ1) is 27.6. The van der Waals surface area contributed by atoms with Gasteiger partial charge in [0.05, 0.1) is 43.3 Å². The molecule has 4 heterocycles. The van der Waals surface area contributed by atoms with Gasteiger partial charge < -0.3 is 24.4 Å². The van der Waals surface area contributed by atoms with Crippen molar-refractivity contribution in [2.75, 3.05) is 25.5 Å². The standard InChI is InChI=1S/C31H28FN7O4/c1-5-30(40)38-15-22(16-38)42-28-12-23-26(13-27(28)41-4)34-17-35-31(23)36-25-7-6-21(11-24(25)32)43-29-8-9-39(37-29)20-10-18(2)19(3)33-14-20/h5-14,17,22H,1,15-16H2,2-4H3,(H,34,35,36). The summed E-state index contributed by atoms with van der Waals surface area (Å²) in [6, 6.07) is 11.6. The van der Waals surface area contributed by atoms with Crippen molar-refractivity contribution in [3.05, 3.63) is 90.9 Å². The van der Waals surface area contributed by atoms with Crippen LogP contribution in [-0.4, -0.2) is 61.8 Å². The molecule has 5 aromatic rings. The molecule has 6 rings (SSSR count). The van der Waals surface area contributed by atoms with Crippen LogP contribution < -0.4 is 19.5 Å². The monoisotopic (exact) mass is 581 g/mol. The normalized spacial score (nSPS) is 13.0. The number of ether oxygens (including phenoxy) is 3. The molecule has 0 unspecified atom stereocenters. The van der Waals surface area contributed by atoms with Gasteiger partial charge in [0, 0.05) is 35.5 Å². The first-order valence-corrected chi connectivity index (χ1v) is 13.5.